The van der Waals surface area contributed by atoms with Gasteiger partial charge in [-0.1, -0.05) is 19.9 Å². The molecule has 6 nitrogen and oxygen atoms in total. The number of aromatic hydroxyl groups is 4. The second-order valence-corrected chi connectivity index (χ2v) is 6.18. The van der Waals surface area contributed by atoms with Crippen molar-refractivity contribution in [1.29, 1.82) is 0 Å². The summed E-state index contributed by atoms with van der Waals surface area (Å²) in [4.78, 5) is 0. The zero-order valence-electron chi connectivity index (χ0n) is 13.3. The van der Waals surface area contributed by atoms with Crippen molar-refractivity contribution in [1.82, 2.24) is 4.57 Å². The normalized spacial score (nSPS) is 12.7. The lowest BCUT2D eigenvalue weighted by Crippen LogP contribution is -2.15. The van der Waals surface area contributed by atoms with Crippen LogP contribution < -0.4 is 0 Å². The Hall–Kier alpha value is -2.34. The molecular weight excluding hydrogens is 298 g/mol. The quantitative estimate of drug-likeness (QED) is 0.562. The molecule has 0 aliphatic carbocycles. The van der Waals surface area contributed by atoms with Gasteiger partial charge in [-0.25, -0.2) is 0 Å². The van der Waals surface area contributed by atoms with Crippen LogP contribution in [0.1, 0.15) is 37.4 Å². The molecule has 0 aliphatic heterocycles. The molecule has 126 valence electrons. The van der Waals surface area contributed by atoms with Crippen LogP contribution in [0, 0.1) is 5.92 Å². The van der Waals surface area contributed by atoms with Crippen LogP contribution in [0.25, 0.3) is 0 Å². The first-order valence-corrected chi connectivity index (χ1v) is 7.57. The standard InChI is InChI=1S/C17H23NO5/c1-10(2)5-13(9-19)18-16(22)7-12(17(18)23)6-11-3-4-14(20)8-15(11)21/h3-4,7-8,10,13,19-23H,5-6,9H2,1-2H3. The van der Waals surface area contributed by atoms with E-state index in [-0.39, 0.29) is 42.2 Å². The minimum atomic E-state index is -0.419. The number of aliphatic hydroxyl groups excluding tert-OH is 1. The molecule has 1 heterocycles. The molecule has 1 aromatic carbocycles. The van der Waals surface area contributed by atoms with E-state index in [0.29, 0.717) is 17.5 Å². The molecule has 2 rings (SSSR count). The average Bonchev–Trinajstić information content (AvgIpc) is 2.74. The predicted molar refractivity (Wildman–Crippen MR) is 85.9 cm³/mol. The number of rotatable bonds is 6. The van der Waals surface area contributed by atoms with Crippen molar-refractivity contribution in [3.8, 4) is 23.3 Å². The number of hydrogen-bond acceptors (Lipinski definition) is 5. The highest BCUT2D eigenvalue weighted by molar-refractivity contribution is 5.45. The molecular formula is C17H23NO5. The van der Waals surface area contributed by atoms with Crippen LogP contribution in [0.3, 0.4) is 0 Å². The third-order valence-corrected chi connectivity index (χ3v) is 3.83. The van der Waals surface area contributed by atoms with Crippen LogP contribution in [-0.2, 0) is 6.42 Å². The minimum absolute atomic E-state index is 0.0480. The summed E-state index contributed by atoms with van der Waals surface area (Å²) < 4.78 is 1.31. The van der Waals surface area contributed by atoms with Crippen molar-refractivity contribution >= 4 is 0 Å². The molecule has 0 fully saturated rings. The zero-order valence-corrected chi connectivity index (χ0v) is 13.3. The molecule has 1 atom stereocenters. The summed E-state index contributed by atoms with van der Waals surface area (Å²) in [5, 5.41) is 49.2. The molecule has 0 radical (unpaired) electrons. The van der Waals surface area contributed by atoms with E-state index >= 15 is 0 Å². The topological polar surface area (TPSA) is 106 Å². The highest BCUT2D eigenvalue weighted by Crippen LogP contribution is 2.36. The maximum Gasteiger partial charge on any atom is 0.197 e. The Morgan fingerprint density at radius 1 is 1.00 bits per heavy atom. The number of aliphatic hydroxyl groups is 1. The van der Waals surface area contributed by atoms with Gasteiger partial charge in [0.2, 0.25) is 0 Å². The maximum atomic E-state index is 10.4. The molecule has 0 aliphatic rings. The number of hydrogen-bond donors (Lipinski definition) is 5. The Bertz CT molecular complexity index is 678. The fourth-order valence-corrected chi connectivity index (χ4v) is 2.76. The van der Waals surface area contributed by atoms with Crippen molar-refractivity contribution < 1.29 is 25.5 Å². The number of aromatic nitrogens is 1. The Kier molecular flexibility index (Phi) is 5.05. The van der Waals surface area contributed by atoms with Crippen LogP contribution in [0.15, 0.2) is 24.3 Å². The Labute approximate surface area is 134 Å². The molecule has 6 heteroatoms. The van der Waals surface area contributed by atoms with Gasteiger partial charge in [0.25, 0.3) is 0 Å². The Morgan fingerprint density at radius 3 is 2.26 bits per heavy atom. The lowest BCUT2D eigenvalue weighted by atomic mass is 10.0. The van der Waals surface area contributed by atoms with E-state index in [1.807, 2.05) is 13.8 Å². The summed E-state index contributed by atoms with van der Waals surface area (Å²) in [7, 11) is 0. The van der Waals surface area contributed by atoms with Crippen molar-refractivity contribution in [3.63, 3.8) is 0 Å². The summed E-state index contributed by atoms with van der Waals surface area (Å²) in [6.45, 7) is 3.79. The van der Waals surface area contributed by atoms with E-state index in [0.717, 1.165) is 0 Å². The first-order chi connectivity index (χ1) is 10.8. The molecule has 1 unspecified atom stereocenters. The van der Waals surface area contributed by atoms with Gasteiger partial charge in [-0.15, -0.1) is 0 Å². The van der Waals surface area contributed by atoms with E-state index < -0.39 is 6.04 Å². The first-order valence-electron chi connectivity index (χ1n) is 7.57. The smallest absolute Gasteiger partial charge is 0.197 e. The maximum absolute atomic E-state index is 10.4. The molecule has 1 aromatic heterocycles. The molecule has 0 bridgehead atoms. The number of phenolic OH excluding ortho intramolecular Hbond substituents is 2. The SMILES string of the molecule is CC(C)CC(CO)n1c(O)cc(Cc2ccc(O)cc2O)c1O. The zero-order chi connectivity index (χ0) is 17.1. The average molecular weight is 321 g/mol. The fraction of sp³-hybridized carbons (Fsp3) is 0.412. The van der Waals surface area contributed by atoms with Crippen molar-refractivity contribution in [2.24, 2.45) is 5.92 Å². The Morgan fingerprint density at radius 2 is 1.70 bits per heavy atom. The van der Waals surface area contributed by atoms with E-state index in [2.05, 4.69) is 0 Å². The lowest BCUT2D eigenvalue weighted by molar-refractivity contribution is 0.188. The van der Waals surface area contributed by atoms with Gasteiger partial charge in [0.05, 0.1) is 12.6 Å². The van der Waals surface area contributed by atoms with Crippen LogP contribution in [0.5, 0.6) is 23.3 Å². The molecule has 0 saturated carbocycles. The van der Waals surface area contributed by atoms with Crippen molar-refractivity contribution in [3.05, 3.63) is 35.4 Å². The molecule has 2 aromatic rings. The van der Waals surface area contributed by atoms with E-state index in [1.165, 1.54) is 22.8 Å². The third kappa shape index (κ3) is 3.71. The Balaban J connectivity index is 2.33. The second kappa shape index (κ2) is 6.83. The van der Waals surface area contributed by atoms with Gasteiger partial charge < -0.3 is 25.5 Å². The highest BCUT2D eigenvalue weighted by Gasteiger charge is 2.22. The molecule has 5 N–H and O–H groups in total. The summed E-state index contributed by atoms with van der Waals surface area (Å²) in [6.07, 6.45) is 0.800. The van der Waals surface area contributed by atoms with Crippen LogP contribution in [0.2, 0.25) is 0 Å². The van der Waals surface area contributed by atoms with Gasteiger partial charge in [-0.05, 0) is 24.0 Å². The first kappa shape index (κ1) is 17.0. The van der Waals surface area contributed by atoms with E-state index in [9.17, 15) is 25.5 Å². The van der Waals surface area contributed by atoms with E-state index in [1.54, 1.807) is 6.07 Å². The number of nitrogens with zero attached hydrogens (tertiary/aromatic N) is 1. The van der Waals surface area contributed by atoms with Crippen molar-refractivity contribution in [2.45, 2.75) is 32.7 Å². The van der Waals surface area contributed by atoms with Gasteiger partial charge in [0, 0.05) is 24.1 Å². The largest absolute Gasteiger partial charge is 0.508 e. The van der Waals surface area contributed by atoms with Gasteiger partial charge in [-0.2, -0.15) is 0 Å². The van der Waals surface area contributed by atoms with Gasteiger partial charge in [0.15, 0.2) is 11.8 Å². The fourth-order valence-electron chi connectivity index (χ4n) is 2.76. The van der Waals surface area contributed by atoms with Crippen LogP contribution >= 0.6 is 0 Å². The second-order valence-electron chi connectivity index (χ2n) is 6.18. The monoisotopic (exact) mass is 321 g/mol. The summed E-state index contributed by atoms with van der Waals surface area (Å²) in [5.41, 5.74) is 0.949. The van der Waals surface area contributed by atoms with E-state index in [4.69, 9.17) is 0 Å². The summed E-state index contributed by atoms with van der Waals surface area (Å²) >= 11 is 0. The highest BCUT2D eigenvalue weighted by atomic mass is 16.3. The van der Waals surface area contributed by atoms with Crippen LogP contribution in [-0.4, -0.2) is 36.7 Å². The van der Waals surface area contributed by atoms with Gasteiger partial charge >= 0.3 is 0 Å². The van der Waals surface area contributed by atoms with Gasteiger partial charge in [-0.3, -0.25) is 4.57 Å². The van der Waals surface area contributed by atoms with Crippen LogP contribution in [0.4, 0.5) is 0 Å². The molecule has 0 amide bonds. The molecule has 0 saturated heterocycles. The summed E-state index contributed by atoms with van der Waals surface area (Å²) in [5.74, 6) is -0.103. The minimum Gasteiger partial charge on any atom is -0.508 e. The van der Waals surface area contributed by atoms with Gasteiger partial charge in [0.1, 0.15) is 11.5 Å². The lowest BCUT2D eigenvalue weighted by Gasteiger charge is -2.20. The van der Waals surface area contributed by atoms with Crippen molar-refractivity contribution in [2.75, 3.05) is 6.61 Å². The summed E-state index contributed by atoms with van der Waals surface area (Å²) in [6, 6.07) is 5.22. The number of phenols is 2. The predicted octanol–water partition coefficient (Wildman–Crippen LogP) is 2.48. The molecule has 0 spiro atoms. The molecule has 23 heavy (non-hydrogen) atoms. The third-order valence-electron chi connectivity index (χ3n) is 3.83. The number of benzene rings is 1.